The monoisotopic (exact) mass is 349 g/mol. The van der Waals surface area contributed by atoms with Crippen LogP contribution in [0.5, 0.6) is 0 Å². The van der Waals surface area contributed by atoms with Crippen LogP contribution in [0, 0.1) is 6.92 Å². The van der Waals surface area contributed by atoms with Crippen LogP contribution in [0.1, 0.15) is 25.5 Å². The van der Waals surface area contributed by atoms with E-state index in [2.05, 4.69) is 20.3 Å². The van der Waals surface area contributed by atoms with Crippen molar-refractivity contribution in [1.29, 1.82) is 0 Å². The topological polar surface area (TPSA) is 81.9 Å². The summed E-state index contributed by atoms with van der Waals surface area (Å²) in [6, 6.07) is 1.46. The van der Waals surface area contributed by atoms with Crippen molar-refractivity contribution in [2.24, 2.45) is 0 Å². The van der Waals surface area contributed by atoms with Crippen LogP contribution in [0.2, 0.25) is 0 Å². The number of carbonyl (C=O) groups excluding carboxylic acids is 2. The zero-order chi connectivity index (χ0) is 17.8. The Bertz CT molecular complexity index is 603. The number of hydrogen-bond donors (Lipinski definition) is 1. The smallest absolute Gasteiger partial charge is 0.242 e. The number of anilines is 1. The van der Waals surface area contributed by atoms with Gasteiger partial charge in [-0.05, 0) is 26.7 Å². The number of likely N-dealkylation sites (tertiary alicyclic amines) is 1. The highest BCUT2D eigenvalue weighted by Gasteiger charge is 2.28. The molecule has 25 heavy (non-hydrogen) atoms. The predicted octanol–water partition coefficient (Wildman–Crippen LogP) is 0.550. The molecule has 1 N–H and O–H groups in total. The Morgan fingerprint density at radius 2 is 1.88 bits per heavy atom. The van der Waals surface area contributed by atoms with E-state index >= 15 is 0 Å². The van der Waals surface area contributed by atoms with Crippen LogP contribution >= 0.6 is 0 Å². The second-order valence-corrected chi connectivity index (χ2v) is 6.89. The largest absolute Gasteiger partial charge is 0.360 e. The van der Waals surface area contributed by atoms with Crippen LogP contribution in [0.3, 0.4) is 0 Å². The van der Waals surface area contributed by atoms with E-state index in [9.17, 15) is 9.59 Å². The molecule has 0 saturated carbocycles. The van der Waals surface area contributed by atoms with Gasteiger partial charge in [0.05, 0.1) is 12.6 Å². The zero-order valence-corrected chi connectivity index (χ0v) is 15.0. The van der Waals surface area contributed by atoms with Crippen molar-refractivity contribution < 1.29 is 14.1 Å². The summed E-state index contributed by atoms with van der Waals surface area (Å²) in [5, 5.41) is 6.57. The average molecular weight is 349 g/mol. The van der Waals surface area contributed by atoms with Crippen molar-refractivity contribution in [3.05, 3.63) is 11.8 Å². The molecule has 0 aromatic carbocycles. The number of carbonyl (C=O) groups is 2. The lowest BCUT2D eigenvalue weighted by molar-refractivity contribution is -0.132. The fourth-order valence-electron chi connectivity index (χ4n) is 3.39. The highest BCUT2D eigenvalue weighted by Crippen LogP contribution is 2.12. The standard InChI is InChI=1S/C17H27N5O3/c1-13-11-15(19-25-13)18-17(24)14(2)21-9-7-20(8-10-21)12-16(23)22-5-3-4-6-22/h11,14H,3-10,12H2,1-2H3,(H,18,19,24). The lowest BCUT2D eigenvalue weighted by atomic mass is 10.2. The minimum absolute atomic E-state index is 0.0881. The highest BCUT2D eigenvalue weighted by atomic mass is 16.5. The van der Waals surface area contributed by atoms with E-state index in [1.807, 2.05) is 11.8 Å². The molecule has 2 amide bonds. The second kappa shape index (κ2) is 7.97. The Balaban J connectivity index is 1.43. The summed E-state index contributed by atoms with van der Waals surface area (Å²) in [5.41, 5.74) is 0. The Morgan fingerprint density at radius 3 is 2.48 bits per heavy atom. The van der Waals surface area contributed by atoms with Gasteiger partial charge in [0.1, 0.15) is 5.76 Å². The van der Waals surface area contributed by atoms with Crippen molar-refractivity contribution >= 4 is 17.6 Å². The van der Waals surface area contributed by atoms with E-state index < -0.39 is 0 Å². The Labute approximate surface area is 148 Å². The molecule has 0 bridgehead atoms. The van der Waals surface area contributed by atoms with Gasteiger partial charge >= 0.3 is 0 Å². The molecular weight excluding hydrogens is 322 g/mol. The molecule has 3 heterocycles. The summed E-state index contributed by atoms with van der Waals surface area (Å²) in [5.74, 6) is 1.26. The quantitative estimate of drug-likeness (QED) is 0.836. The van der Waals surface area contributed by atoms with Gasteiger partial charge in [-0.15, -0.1) is 0 Å². The number of nitrogens with zero attached hydrogens (tertiary/aromatic N) is 4. The first-order chi connectivity index (χ1) is 12.0. The van der Waals surface area contributed by atoms with Crippen molar-refractivity contribution in [3.63, 3.8) is 0 Å². The highest BCUT2D eigenvalue weighted by molar-refractivity contribution is 5.93. The number of hydrogen-bond acceptors (Lipinski definition) is 6. The molecule has 138 valence electrons. The van der Waals surface area contributed by atoms with Gasteiger partial charge in [0, 0.05) is 45.3 Å². The van der Waals surface area contributed by atoms with E-state index in [4.69, 9.17) is 4.52 Å². The SMILES string of the molecule is Cc1cc(NC(=O)C(C)N2CCN(CC(=O)N3CCCC3)CC2)no1. The lowest BCUT2D eigenvalue weighted by Crippen LogP contribution is -2.54. The number of rotatable bonds is 5. The zero-order valence-electron chi connectivity index (χ0n) is 15.0. The van der Waals surface area contributed by atoms with Gasteiger partial charge in [-0.1, -0.05) is 5.16 Å². The third-order valence-electron chi connectivity index (χ3n) is 5.03. The van der Waals surface area contributed by atoms with Crippen molar-refractivity contribution in [2.75, 3.05) is 51.1 Å². The van der Waals surface area contributed by atoms with Crippen molar-refractivity contribution in [3.8, 4) is 0 Å². The molecule has 8 nitrogen and oxygen atoms in total. The van der Waals surface area contributed by atoms with E-state index in [1.165, 1.54) is 0 Å². The van der Waals surface area contributed by atoms with Gasteiger partial charge in [-0.25, -0.2) is 0 Å². The molecule has 0 radical (unpaired) electrons. The summed E-state index contributed by atoms with van der Waals surface area (Å²) >= 11 is 0. The molecule has 8 heteroatoms. The molecular formula is C17H27N5O3. The van der Waals surface area contributed by atoms with E-state index in [0.717, 1.165) is 52.1 Å². The minimum atomic E-state index is -0.242. The Morgan fingerprint density at radius 1 is 1.20 bits per heavy atom. The van der Waals surface area contributed by atoms with Crippen LogP contribution in [0.15, 0.2) is 10.6 Å². The maximum absolute atomic E-state index is 12.3. The number of aromatic nitrogens is 1. The summed E-state index contributed by atoms with van der Waals surface area (Å²) in [6.07, 6.45) is 2.24. The fourth-order valence-corrected chi connectivity index (χ4v) is 3.39. The maximum atomic E-state index is 12.3. The van der Waals surface area contributed by atoms with E-state index in [-0.39, 0.29) is 17.9 Å². The van der Waals surface area contributed by atoms with Crippen LogP contribution in [-0.2, 0) is 9.59 Å². The summed E-state index contributed by atoms with van der Waals surface area (Å²) in [6.45, 7) is 9.14. The van der Waals surface area contributed by atoms with Gasteiger partial charge in [-0.2, -0.15) is 0 Å². The van der Waals surface area contributed by atoms with Crippen LogP contribution < -0.4 is 5.32 Å². The van der Waals surface area contributed by atoms with Crippen molar-refractivity contribution in [1.82, 2.24) is 19.9 Å². The lowest BCUT2D eigenvalue weighted by Gasteiger charge is -2.37. The number of nitrogens with one attached hydrogen (secondary N) is 1. The second-order valence-electron chi connectivity index (χ2n) is 6.89. The van der Waals surface area contributed by atoms with Gasteiger partial charge in [-0.3, -0.25) is 19.4 Å². The first-order valence-corrected chi connectivity index (χ1v) is 9.01. The Hall–Kier alpha value is -1.93. The third kappa shape index (κ3) is 4.58. The molecule has 2 saturated heterocycles. The minimum Gasteiger partial charge on any atom is -0.360 e. The maximum Gasteiger partial charge on any atom is 0.242 e. The molecule has 1 atom stereocenters. The van der Waals surface area contributed by atoms with Gasteiger partial charge in [0.25, 0.3) is 0 Å². The van der Waals surface area contributed by atoms with Crippen LogP contribution in [0.4, 0.5) is 5.82 Å². The van der Waals surface area contributed by atoms with Gasteiger partial charge in [0.15, 0.2) is 5.82 Å². The van der Waals surface area contributed by atoms with Gasteiger partial charge in [0.2, 0.25) is 11.8 Å². The van der Waals surface area contributed by atoms with Gasteiger partial charge < -0.3 is 14.7 Å². The fraction of sp³-hybridized carbons (Fsp3) is 0.706. The molecule has 0 spiro atoms. The molecule has 2 fully saturated rings. The number of amides is 2. The third-order valence-corrected chi connectivity index (χ3v) is 5.03. The predicted molar refractivity (Wildman–Crippen MR) is 93.2 cm³/mol. The first kappa shape index (κ1) is 17.9. The summed E-state index contributed by atoms with van der Waals surface area (Å²) in [4.78, 5) is 30.9. The van der Waals surface area contributed by atoms with Crippen LogP contribution in [0.25, 0.3) is 0 Å². The van der Waals surface area contributed by atoms with Crippen LogP contribution in [-0.4, -0.2) is 83.5 Å². The summed E-state index contributed by atoms with van der Waals surface area (Å²) in [7, 11) is 0. The molecule has 1 aromatic heterocycles. The van der Waals surface area contributed by atoms with E-state index in [0.29, 0.717) is 18.1 Å². The first-order valence-electron chi connectivity index (χ1n) is 9.01. The molecule has 0 aliphatic carbocycles. The molecule has 3 rings (SSSR count). The molecule has 2 aliphatic rings. The number of aryl methyl sites for hydroxylation is 1. The number of piperazine rings is 1. The molecule has 1 unspecified atom stereocenters. The molecule has 1 aromatic rings. The normalized spacial score (nSPS) is 20.6. The Kier molecular flexibility index (Phi) is 5.70. The van der Waals surface area contributed by atoms with E-state index in [1.54, 1.807) is 13.0 Å². The molecule has 2 aliphatic heterocycles. The van der Waals surface area contributed by atoms with Crippen molar-refractivity contribution in [2.45, 2.75) is 32.7 Å². The average Bonchev–Trinajstić information content (AvgIpc) is 3.27. The summed E-state index contributed by atoms with van der Waals surface area (Å²) < 4.78 is 4.96.